The Morgan fingerprint density at radius 2 is 2.00 bits per heavy atom. The predicted molar refractivity (Wildman–Crippen MR) is 66.5 cm³/mol. The number of aliphatic carboxylic acids is 1. The molecule has 2 N–H and O–H groups in total. The topological polar surface area (TPSA) is 84.2 Å². The van der Waals surface area contributed by atoms with Gasteiger partial charge in [0.15, 0.2) is 0 Å². The lowest BCUT2D eigenvalue weighted by Gasteiger charge is -2.17. The number of nitrogens with zero attached hydrogens (tertiary/aromatic N) is 2. The Kier molecular flexibility index (Phi) is 3.79. The second kappa shape index (κ2) is 4.80. The predicted octanol–water partition coefficient (Wildman–Crippen LogP) is 0.920. The molecule has 0 spiro atoms. The number of carboxylic acids is 1. The van der Waals surface area contributed by atoms with Gasteiger partial charge >= 0.3 is 5.97 Å². The lowest BCUT2D eigenvalue weighted by molar-refractivity contribution is -0.138. The zero-order chi connectivity index (χ0) is 14.1. The molecule has 0 aliphatic rings. The van der Waals surface area contributed by atoms with Crippen LogP contribution in [0.1, 0.15) is 43.7 Å². The maximum absolute atomic E-state index is 12.0. The van der Waals surface area contributed by atoms with Crippen molar-refractivity contribution in [3.05, 3.63) is 17.5 Å². The summed E-state index contributed by atoms with van der Waals surface area (Å²) in [6.07, 6.45) is 1.60. The number of aromatic nitrogens is 2. The molecule has 1 rings (SSSR count). The summed E-state index contributed by atoms with van der Waals surface area (Å²) < 4.78 is 1.56. The number of carboxylic acid groups (broad SMARTS) is 1. The minimum absolute atomic E-state index is 0.277. The summed E-state index contributed by atoms with van der Waals surface area (Å²) >= 11 is 0. The third-order valence-electron chi connectivity index (χ3n) is 2.50. The van der Waals surface area contributed by atoms with Gasteiger partial charge in [0.2, 0.25) is 0 Å². The van der Waals surface area contributed by atoms with E-state index in [9.17, 15) is 9.59 Å². The van der Waals surface area contributed by atoms with Gasteiger partial charge in [0, 0.05) is 18.7 Å². The largest absolute Gasteiger partial charge is 0.480 e. The summed E-state index contributed by atoms with van der Waals surface area (Å²) in [7, 11) is 1.73. The van der Waals surface area contributed by atoms with E-state index in [2.05, 4.69) is 10.4 Å². The van der Waals surface area contributed by atoms with Gasteiger partial charge < -0.3 is 10.4 Å². The molecule has 1 atom stereocenters. The van der Waals surface area contributed by atoms with Gasteiger partial charge in [-0.25, -0.2) is 0 Å². The van der Waals surface area contributed by atoms with Crippen LogP contribution < -0.4 is 5.32 Å². The van der Waals surface area contributed by atoms with Crippen molar-refractivity contribution in [2.24, 2.45) is 7.05 Å². The van der Waals surface area contributed by atoms with Crippen LogP contribution in [0.25, 0.3) is 0 Å². The first-order valence-corrected chi connectivity index (χ1v) is 5.70. The van der Waals surface area contributed by atoms with Gasteiger partial charge in [0.05, 0.1) is 11.3 Å². The van der Waals surface area contributed by atoms with Gasteiger partial charge in [-0.2, -0.15) is 5.10 Å². The Hall–Kier alpha value is -1.85. The molecule has 0 aromatic carbocycles. The van der Waals surface area contributed by atoms with Gasteiger partial charge in [-0.1, -0.05) is 20.8 Å². The highest BCUT2D eigenvalue weighted by Crippen LogP contribution is 2.24. The molecule has 1 aromatic heterocycles. The number of carbonyl (C=O) groups excluding carboxylic acids is 1. The highest BCUT2D eigenvalue weighted by atomic mass is 16.4. The van der Waals surface area contributed by atoms with Crippen LogP contribution in [0.4, 0.5) is 0 Å². The number of rotatable bonds is 3. The lowest BCUT2D eigenvalue weighted by Crippen LogP contribution is -2.39. The molecule has 0 aliphatic carbocycles. The van der Waals surface area contributed by atoms with Crippen LogP contribution in [0, 0.1) is 0 Å². The third-order valence-corrected chi connectivity index (χ3v) is 2.50. The molecule has 0 bridgehead atoms. The molecule has 0 saturated carbocycles. The number of hydrogen-bond acceptors (Lipinski definition) is 3. The first-order valence-electron chi connectivity index (χ1n) is 5.70. The van der Waals surface area contributed by atoms with E-state index in [0.29, 0.717) is 11.3 Å². The number of carbonyl (C=O) groups is 2. The van der Waals surface area contributed by atoms with E-state index in [1.54, 1.807) is 17.9 Å². The molecule has 6 nitrogen and oxygen atoms in total. The van der Waals surface area contributed by atoms with Crippen molar-refractivity contribution in [2.45, 2.75) is 39.2 Å². The normalized spacial score (nSPS) is 13.2. The molecule has 100 valence electrons. The zero-order valence-corrected chi connectivity index (χ0v) is 11.3. The van der Waals surface area contributed by atoms with Crippen molar-refractivity contribution in [3.8, 4) is 0 Å². The molecule has 1 aromatic rings. The molecule has 1 unspecified atom stereocenters. The van der Waals surface area contributed by atoms with Gasteiger partial charge in [-0.3, -0.25) is 14.3 Å². The maximum Gasteiger partial charge on any atom is 0.325 e. The van der Waals surface area contributed by atoms with Crippen LogP contribution in [0.3, 0.4) is 0 Å². The van der Waals surface area contributed by atoms with E-state index in [-0.39, 0.29) is 5.41 Å². The molecular weight excluding hydrogens is 234 g/mol. The maximum atomic E-state index is 12.0. The van der Waals surface area contributed by atoms with Gasteiger partial charge in [0.1, 0.15) is 6.04 Å². The van der Waals surface area contributed by atoms with Gasteiger partial charge in [0.25, 0.3) is 5.91 Å². The first-order chi connectivity index (χ1) is 8.12. The fraction of sp³-hybridized carbons (Fsp3) is 0.583. The van der Waals surface area contributed by atoms with Crippen LogP contribution in [0.5, 0.6) is 0 Å². The van der Waals surface area contributed by atoms with Crippen LogP contribution in [-0.2, 0) is 17.3 Å². The number of aryl methyl sites for hydroxylation is 1. The molecule has 0 fully saturated rings. The van der Waals surface area contributed by atoms with Crippen LogP contribution >= 0.6 is 0 Å². The minimum atomic E-state index is -1.07. The van der Waals surface area contributed by atoms with E-state index < -0.39 is 17.9 Å². The molecule has 1 amide bonds. The summed E-state index contributed by atoms with van der Waals surface area (Å²) in [5, 5.41) is 15.5. The van der Waals surface area contributed by atoms with Crippen LogP contribution in [0.15, 0.2) is 6.20 Å². The van der Waals surface area contributed by atoms with Crippen LogP contribution in [-0.4, -0.2) is 32.8 Å². The minimum Gasteiger partial charge on any atom is -0.480 e. The van der Waals surface area contributed by atoms with Gasteiger partial charge in [-0.15, -0.1) is 0 Å². The van der Waals surface area contributed by atoms with Crippen molar-refractivity contribution in [3.63, 3.8) is 0 Å². The van der Waals surface area contributed by atoms with Crippen molar-refractivity contribution >= 4 is 11.9 Å². The Bertz CT molecular complexity index is 471. The molecule has 0 radical (unpaired) electrons. The van der Waals surface area contributed by atoms with Crippen molar-refractivity contribution < 1.29 is 14.7 Å². The van der Waals surface area contributed by atoms with Gasteiger partial charge in [-0.05, 0) is 6.92 Å². The fourth-order valence-electron chi connectivity index (χ4n) is 1.54. The molecule has 0 saturated heterocycles. The van der Waals surface area contributed by atoms with Crippen LogP contribution in [0.2, 0.25) is 0 Å². The summed E-state index contributed by atoms with van der Waals surface area (Å²) in [4.78, 5) is 22.7. The molecular formula is C12H19N3O3. The average molecular weight is 253 g/mol. The third kappa shape index (κ3) is 3.09. The molecule has 18 heavy (non-hydrogen) atoms. The summed E-state index contributed by atoms with van der Waals surface area (Å²) in [5.41, 5.74) is 0.790. The highest BCUT2D eigenvalue weighted by molar-refractivity contribution is 5.97. The fourth-order valence-corrected chi connectivity index (χ4v) is 1.54. The first kappa shape index (κ1) is 14.2. The average Bonchev–Trinajstić information content (AvgIpc) is 2.59. The standard InChI is InChI=1S/C12H19N3O3/c1-7(11(17)18)13-10(16)8-6-15(5)14-9(8)12(2,3)4/h6-7H,1-5H3,(H,13,16)(H,17,18). The molecule has 0 aliphatic heterocycles. The van der Waals surface area contributed by atoms with E-state index in [0.717, 1.165) is 0 Å². The number of nitrogens with one attached hydrogen (secondary N) is 1. The number of hydrogen-bond donors (Lipinski definition) is 2. The quantitative estimate of drug-likeness (QED) is 0.839. The van der Waals surface area contributed by atoms with Crippen molar-refractivity contribution in [2.75, 3.05) is 0 Å². The van der Waals surface area contributed by atoms with E-state index >= 15 is 0 Å². The Morgan fingerprint density at radius 3 is 2.44 bits per heavy atom. The summed E-state index contributed by atoms with van der Waals surface area (Å²) in [6.45, 7) is 7.28. The molecule has 6 heteroatoms. The van der Waals surface area contributed by atoms with E-state index in [1.165, 1.54) is 6.92 Å². The van der Waals surface area contributed by atoms with Crippen molar-refractivity contribution in [1.29, 1.82) is 0 Å². The summed E-state index contributed by atoms with van der Waals surface area (Å²) in [6, 6.07) is -0.925. The summed E-state index contributed by atoms with van der Waals surface area (Å²) in [5.74, 6) is -1.48. The zero-order valence-electron chi connectivity index (χ0n) is 11.3. The Labute approximate surface area is 106 Å². The monoisotopic (exact) mass is 253 g/mol. The molecule has 1 heterocycles. The second-order valence-corrected chi connectivity index (χ2v) is 5.35. The Balaban J connectivity index is 3.03. The lowest BCUT2D eigenvalue weighted by atomic mass is 9.89. The van der Waals surface area contributed by atoms with E-state index in [1.807, 2.05) is 20.8 Å². The smallest absolute Gasteiger partial charge is 0.325 e. The number of amides is 1. The second-order valence-electron chi connectivity index (χ2n) is 5.35. The Morgan fingerprint density at radius 1 is 1.44 bits per heavy atom. The van der Waals surface area contributed by atoms with E-state index in [4.69, 9.17) is 5.11 Å². The SMILES string of the molecule is CC(NC(=O)c1cn(C)nc1C(C)(C)C)C(=O)O. The highest BCUT2D eigenvalue weighted by Gasteiger charge is 2.27. The van der Waals surface area contributed by atoms with Crippen molar-refractivity contribution in [1.82, 2.24) is 15.1 Å².